The summed E-state index contributed by atoms with van der Waals surface area (Å²) in [5, 5.41) is 20.9. The number of anilines is 1. The molecule has 1 saturated heterocycles. The van der Waals surface area contributed by atoms with Gasteiger partial charge in [0.2, 0.25) is 0 Å². The number of pyridine rings is 1. The van der Waals surface area contributed by atoms with Gasteiger partial charge in [-0.15, -0.1) is 5.10 Å². The van der Waals surface area contributed by atoms with E-state index >= 15 is 4.39 Å². The fourth-order valence-electron chi connectivity index (χ4n) is 4.58. The molecule has 0 bridgehead atoms. The summed E-state index contributed by atoms with van der Waals surface area (Å²) in [6, 6.07) is 6.47. The van der Waals surface area contributed by atoms with Crippen molar-refractivity contribution in [3.8, 4) is 11.1 Å². The molecule has 3 aliphatic rings. The number of carbonyl (C=O) groups is 1. The third kappa shape index (κ3) is 3.32. The van der Waals surface area contributed by atoms with Gasteiger partial charge in [-0.2, -0.15) is 0 Å². The predicted molar refractivity (Wildman–Crippen MR) is 113 cm³/mol. The molecule has 3 aliphatic heterocycles. The Balaban J connectivity index is 1.26. The highest BCUT2D eigenvalue weighted by molar-refractivity contribution is 6.00. The summed E-state index contributed by atoms with van der Waals surface area (Å²) < 4.78 is 22.3. The lowest BCUT2D eigenvalue weighted by molar-refractivity contribution is 0.0390. The topological polar surface area (TPSA) is 115 Å². The smallest absolute Gasteiger partial charge is 0.415 e. The van der Waals surface area contributed by atoms with Crippen molar-refractivity contribution in [1.82, 2.24) is 20.0 Å². The lowest BCUT2D eigenvalue weighted by atomic mass is 9.99. The number of oxime groups is 1. The Kier molecular flexibility index (Phi) is 4.57. The molecule has 10 nitrogen and oxygen atoms in total. The maximum Gasteiger partial charge on any atom is 0.415 e. The molecule has 11 heteroatoms. The number of rotatable bonds is 5. The van der Waals surface area contributed by atoms with Crippen LogP contribution in [0.5, 0.6) is 0 Å². The van der Waals surface area contributed by atoms with Crippen molar-refractivity contribution >= 4 is 17.5 Å². The molecular weight excluding hydrogens is 431 g/mol. The van der Waals surface area contributed by atoms with Gasteiger partial charge in [0.05, 0.1) is 36.8 Å². The van der Waals surface area contributed by atoms with E-state index in [2.05, 4.69) is 20.5 Å². The number of cyclic esters (lactones) is 1. The Hall–Kier alpha value is -3.86. The zero-order valence-corrected chi connectivity index (χ0v) is 17.3. The minimum Gasteiger partial charge on any atom is -0.442 e. The van der Waals surface area contributed by atoms with Crippen LogP contribution in [0.15, 0.2) is 48.0 Å². The normalized spacial score (nSPS) is 23.2. The molecule has 0 spiro atoms. The molecule has 5 heterocycles. The molecule has 3 aromatic rings. The zero-order valence-electron chi connectivity index (χ0n) is 17.3. The van der Waals surface area contributed by atoms with Crippen LogP contribution in [-0.4, -0.2) is 61.7 Å². The highest BCUT2D eigenvalue weighted by Crippen LogP contribution is 2.42. The summed E-state index contributed by atoms with van der Waals surface area (Å²) in [5.74, 6) is -0.446. The van der Waals surface area contributed by atoms with Crippen LogP contribution in [0.25, 0.3) is 11.1 Å². The fourth-order valence-corrected chi connectivity index (χ4v) is 4.58. The van der Waals surface area contributed by atoms with E-state index in [1.807, 2.05) is 0 Å². The quantitative estimate of drug-likeness (QED) is 0.631. The second kappa shape index (κ2) is 7.62. The van der Waals surface area contributed by atoms with E-state index in [-0.39, 0.29) is 18.8 Å². The molecule has 0 aliphatic carbocycles. The van der Waals surface area contributed by atoms with Gasteiger partial charge in [-0.25, -0.2) is 13.9 Å². The molecule has 1 N–H and O–H groups in total. The van der Waals surface area contributed by atoms with E-state index in [9.17, 15) is 9.90 Å². The first kappa shape index (κ1) is 19.8. The Morgan fingerprint density at radius 2 is 2.15 bits per heavy atom. The van der Waals surface area contributed by atoms with Crippen molar-refractivity contribution in [2.75, 3.05) is 11.5 Å². The standard InChI is InChI=1S/C22H19FN6O4/c23-16-8-19-13(6-20-21(32-22(31)29(19)20)10-28-4-3-25-27-28)5-15(16)12-1-2-17(24-9-12)18-7-14(11-30)33-26-18/h1-5,8-9,14,20-21,30H,6-7,10-11H2/t14-,20-,21-/m0/s1. The number of hydrogen-bond acceptors (Lipinski definition) is 8. The first-order valence-electron chi connectivity index (χ1n) is 10.6. The number of carbonyl (C=O) groups excluding carboxylic acids is 1. The summed E-state index contributed by atoms with van der Waals surface area (Å²) in [5.41, 5.74) is 3.70. The van der Waals surface area contributed by atoms with Gasteiger partial charge in [0, 0.05) is 29.9 Å². The monoisotopic (exact) mass is 450 g/mol. The minimum atomic E-state index is -0.484. The number of halogens is 1. The number of nitrogens with zero attached hydrogens (tertiary/aromatic N) is 6. The van der Waals surface area contributed by atoms with Gasteiger partial charge in [-0.1, -0.05) is 16.4 Å². The third-order valence-electron chi connectivity index (χ3n) is 6.21. The van der Waals surface area contributed by atoms with E-state index < -0.39 is 18.0 Å². The van der Waals surface area contributed by atoms with E-state index in [0.717, 1.165) is 5.56 Å². The van der Waals surface area contributed by atoms with Crippen molar-refractivity contribution in [2.45, 2.75) is 37.6 Å². The zero-order chi connectivity index (χ0) is 22.5. The van der Waals surface area contributed by atoms with Gasteiger partial charge >= 0.3 is 6.09 Å². The number of fused-ring (bicyclic) bond motifs is 3. The minimum absolute atomic E-state index is 0.114. The molecule has 3 atom stereocenters. The van der Waals surface area contributed by atoms with Gasteiger partial charge in [0.1, 0.15) is 17.6 Å². The second-order valence-electron chi connectivity index (χ2n) is 8.23. The summed E-state index contributed by atoms with van der Waals surface area (Å²) in [6.07, 6.45) is 4.64. The Bertz CT molecular complexity index is 1250. The van der Waals surface area contributed by atoms with E-state index in [4.69, 9.17) is 9.57 Å². The molecule has 1 amide bonds. The lowest BCUT2D eigenvalue weighted by Crippen LogP contribution is -2.35. The molecule has 168 valence electrons. The van der Waals surface area contributed by atoms with Crippen LogP contribution in [-0.2, 0) is 22.5 Å². The second-order valence-corrected chi connectivity index (χ2v) is 8.23. The summed E-state index contributed by atoms with van der Waals surface area (Å²) in [7, 11) is 0. The Morgan fingerprint density at radius 3 is 2.88 bits per heavy atom. The number of aliphatic hydroxyl groups is 1. The number of benzene rings is 1. The molecule has 0 saturated carbocycles. The van der Waals surface area contributed by atoms with Gasteiger partial charge in [0.25, 0.3) is 0 Å². The van der Waals surface area contributed by atoms with Crippen LogP contribution in [0.2, 0.25) is 0 Å². The molecule has 1 fully saturated rings. The molecule has 0 unspecified atom stereocenters. The van der Waals surface area contributed by atoms with Gasteiger partial charge in [-0.3, -0.25) is 9.88 Å². The SMILES string of the molecule is O=C1O[C@@H](Cn2ccnn2)[C@@H]2Cc3cc(-c4ccc(C5=NO[C@H](CO)C5)nc4)c(F)cc3N12. The highest BCUT2D eigenvalue weighted by atomic mass is 19.1. The van der Waals surface area contributed by atoms with Crippen LogP contribution >= 0.6 is 0 Å². The van der Waals surface area contributed by atoms with Crippen molar-refractivity contribution in [3.63, 3.8) is 0 Å². The fraction of sp³-hybridized carbons (Fsp3) is 0.318. The first-order chi connectivity index (χ1) is 16.1. The average molecular weight is 450 g/mol. The summed E-state index contributed by atoms with van der Waals surface area (Å²) in [4.78, 5) is 23.6. The van der Waals surface area contributed by atoms with Crippen LogP contribution < -0.4 is 4.90 Å². The third-order valence-corrected chi connectivity index (χ3v) is 6.21. The maximum absolute atomic E-state index is 15.1. The molecular formula is C22H19FN6O4. The molecule has 1 aromatic carbocycles. The number of aliphatic hydroxyl groups excluding tert-OH is 1. The van der Waals surface area contributed by atoms with Crippen LogP contribution in [0.4, 0.5) is 14.9 Å². The Labute approximate surface area is 187 Å². The average Bonchev–Trinajstić information content (AvgIpc) is 3.60. The first-order valence-corrected chi connectivity index (χ1v) is 10.6. The van der Waals surface area contributed by atoms with E-state index in [1.54, 1.807) is 41.5 Å². The van der Waals surface area contributed by atoms with Crippen molar-refractivity contribution in [1.29, 1.82) is 0 Å². The van der Waals surface area contributed by atoms with Crippen molar-refractivity contribution < 1.29 is 23.9 Å². The molecule has 33 heavy (non-hydrogen) atoms. The lowest BCUT2D eigenvalue weighted by Gasteiger charge is -2.16. The number of amides is 1. The van der Waals surface area contributed by atoms with Crippen LogP contribution in [0, 0.1) is 5.82 Å². The Morgan fingerprint density at radius 1 is 1.24 bits per heavy atom. The summed E-state index contributed by atoms with van der Waals surface area (Å²) in [6.45, 7) is 0.267. The number of ether oxygens (including phenoxy) is 1. The predicted octanol–water partition coefficient (Wildman–Crippen LogP) is 1.91. The number of hydrogen-bond donors (Lipinski definition) is 1. The van der Waals surface area contributed by atoms with E-state index in [0.29, 0.717) is 47.6 Å². The van der Waals surface area contributed by atoms with Gasteiger partial charge in [-0.05, 0) is 30.2 Å². The highest BCUT2D eigenvalue weighted by Gasteiger charge is 2.48. The van der Waals surface area contributed by atoms with Crippen LogP contribution in [0.3, 0.4) is 0 Å². The number of aromatic nitrogens is 4. The van der Waals surface area contributed by atoms with Gasteiger partial charge < -0.3 is 14.7 Å². The molecule has 6 rings (SSSR count). The summed E-state index contributed by atoms with van der Waals surface area (Å²) >= 11 is 0. The maximum atomic E-state index is 15.1. The molecule has 2 aromatic heterocycles. The van der Waals surface area contributed by atoms with Crippen LogP contribution in [0.1, 0.15) is 17.7 Å². The van der Waals surface area contributed by atoms with Crippen molar-refractivity contribution in [3.05, 3.63) is 59.9 Å². The largest absolute Gasteiger partial charge is 0.442 e. The van der Waals surface area contributed by atoms with E-state index in [1.165, 1.54) is 11.0 Å². The van der Waals surface area contributed by atoms with Gasteiger partial charge in [0.15, 0.2) is 6.10 Å². The molecule has 0 radical (unpaired) electrons. The van der Waals surface area contributed by atoms with Crippen molar-refractivity contribution in [2.24, 2.45) is 5.16 Å².